The van der Waals surface area contributed by atoms with E-state index in [1.165, 1.54) is 18.2 Å². The van der Waals surface area contributed by atoms with E-state index < -0.39 is 17.5 Å². The van der Waals surface area contributed by atoms with Crippen LogP contribution in [0.4, 0.5) is 4.39 Å². The lowest BCUT2D eigenvalue weighted by Crippen LogP contribution is -2.54. The molecule has 2 N–H and O–H groups in total. The minimum atomic E-state index is -0.995. The summed E-state index contributed by atoms with van der Waals surface area (Å²) in [5.41, 5.74) is -0.194. The lowest BCUT2D eigenvalue weighted by atomic mass is 9.71. The molecule has 1 saturated carbocycles. The third kappa shape index (κ3) is 3.56. The molecule has 2 fully saturated rings. The van der Waals surface area contributed by atoms with Crippen LogP contribution in [-0.2, 0) is 4.79 Å². The second-order valence-corrected chi connectivity index (χ2v) is 6.91. The van der Waals surface area contributed by atoms with Gasteiger partial charge in [0.05, 0.1) is 18.1 Å². The molecule has 1 heterocycles. The molecule has 0 spiro atoms. The van der Waals surface area contributed by atoms with Gasteiger partial charge in [0.25, 0.3) is 0 Å². The van der Waals surface area contributed by atoms with Crippen LogP contribution in [0.3, 0.4) is 0 Å². The van der Waals surface area contributed by atoms with Crippen molar-refractivity contribution in [1.82, 2.24) is 4.90 Å². The second kappa shape index (κ2) is 6.57. The Labute approximate surface area is 135 Å². The van der Waals surface area contributed by atoms with E-state index in [9.17, 15) is 19.4 Å². The SMILES string of the molecule is O=C(CC(O)c1cccc(F)c1)N1CCC2(O)CCCCC2C1. The number of benzene rings is 1. The van der Waals surface area contributed by atoms with E-state index in [0.717, 1.165) is 25.7 Å². The lowest BCUT2D eigenvalue weighted by Gasteiger charge is -2.47. The molecule has 3 atom stereocenters. The Kier molecular flexibility index (Phi) is 4.69. The van der Waals surface area contributed by atoms with Gasteiger partial charge in [-0.15, -0.1) is 0 Å². The average Bonchev–Trinajstić information content (AvgIpc) is 2.53. The van der Waals surface area contributed by atoms with E-state index in [-0.39, 0.29) is 18.2 Å². The largest absolute Gasteiger partial charge is 0.389 e. The Bertz CT molecular complexity index is 579. The monoisotopic (exact) mass is 321 g/mol. The maximum absolute atomic E-state index is 13.2. The number of hydrogen-bond acceptors (Lipinski definition) is 3. The van der Waals surface area contributed by atoms with E-state index >= 15 is 0 Å². The fraction of sp³-hybridized carbons (Fsp3) is 0.611. The van der Waals surface area contributed by atoms with Crippen LogP contribution >= 0.6 is 0 Å². The number of aliphatic hydroxyl groups excluding tert-OH is 1. The van der Waals surface area contributed by atoms with Crippen LogP contribution in [-0.4, -0.2) is 39.7 Å². The van der Waals surface area contributed by atoms with Gasteiger partial charge in [-0.2, -0.15) is 0 Å². The number of carbonyl (C=O) groups excluding carboxylic acids is 1. The maximum Gasteiger partial charge on any atom is 0.225 e. The fourth-order valence-electron chi connectivity index (χ4n) is 3.92. The van der Waals surface area contributed by atoms with Crippen molar-refractivity contribution in [2.24, 2.45) is 5.92 Å². The normalized spacial score (nSPS) is 29.0. The molecule has 0 bridgehead atoms. The van der Waals surface area contributed by atoms with E-state index in [1.54, 1.807) is 11.0 Å². The van der Waals surface area contributed by atoms with Crippen molar-refractivity contribution < 1.29 is 19.4 Å². The molecule has 2 aliphatic rings. The third-order valence-electron chi connectivity index (χ3n) is 5.38. The van der Waals surface area contributed by atoms with Crippen LogP contribution in [0.5, 0.6) is 0 Å². The fourth-order valence-corrected chi connectivity index (χ4v) is 3.92. The molecule has 3 unspecified atom stereocenters. The van der Waals surface area contributed by atoms with Crippen molar-refractivity contribution in [3.05, 3.63) is 35.6 Å². The van der Waals surface area contributed by atoms with Crippen LogP contribution in [0.1, 0.15) is 50.2 Å². The van der Waals surface area contributed by atoms with Crippen molar-refractivity contribution in [3.8, 4) is 0 Å². The van der Waals surface area contributed by atoms with E-state index in [4.69, 9.17) is 0 Å². The molecular formula is C18H24FNO3. The number of amides is 1. The summed E-state index contributed by atoms with van der Waals surface area (Å²) in [6.07, 6.45) is 3.50. The van der Waals surface area contributed by atoms with Crippen molar-refractivity contribution in [2.45, 2.75) is 50.2 Å². The molecule has 1 saturated heterocycles. The van der Waals surface area contributed by atoms with Gasteiger partial charge in [0.15, 0.2) is 0 Å². The highest BCUT2D eigenvalue weighted by atomic mass is 19.1. The number of rotatable bonds is 3. The van der Waals surface area contributed by atoms with Crippen molar-refractivity contribution in [2.75, 3.05) is 13.1 Å². The number of piperidine rings is 1. The molecule has 0 radical (unpaired) electrons. The second-order valence-electron chi connectivity index (χ2n) is 6.91. The first-order chi connectivity index (χ1) is 11.0. The van der Waals surface area contributed by atoms with E-state index in [0.29, 0.717) is 25.1 Å². The molecule has 4 nitrogen and oxygen atoms in total. The van der Waals surface area contributed by atoms with Crippen LogP contribution in [0.15, 0.2) is 24.3 Å². The maximum atomic E-state index is 13.2. The molecular weight excluding hydrogens is 297 g/mol. The zero-order valence-electron chi connectivity index (χ0n) is 13.2. The highest BCUT2D eigenvalue weighted by molar-refractivity contribution is 5.77. The highest BCUT2D eigenvalue weighted by Crippen LogP contribution is 2.40. The van der Waals surface area contributed by atoms with E-state index in [1.807, 2.05) is 0 Å². The number of hydrogen-bond donors (Lipinski definition) is 2. The van der Waals surface area contributed by atoms with Gasteiger partial charge in [0.1, 0.15) is 5.82 Å². The molecule has 1 aliphatic carbocycles. The van der Waals surface area contributed by atoms with Crippen LogP contribution < -0.4 is 0 Å². The zero-order valence-corrected chi connectivity index (χ0v) is 13.2. The molecule has 0 aromatic heterocycles. The molecule has 3 rings (SSSR count). The first-order valence-corrected chi connectivity index (χ1v) is 8.42. The topological polar surface area (TPSA) is 60.8 Å². The standard InChI is InChI=1S/C18H24FNO3/c19-15-6-3-4-13(10-15)16(21)11-17(22)20-9-8-18(23)7-2-1-5-14(18)12-20/h3-4,6,10,14,16,21,23H,1-2,5,7-9,11-12H2. The van der Waals surface area contributed by atoms with Crippen LogP contribution in [0, 0.1) is 11.7 Å². The molecule has 126 valence electrons. The number of fused-ring (bicyclic) bond motifs is 1. The van der Waals surface area contributed by atoms with Crippen molar-refractivity contribution >= 4 is 5.91 Å². The average molecular weight is 321 g/mol. The Morgan fingerprint density at radius 1 is 1.39 bits per heavy atom. The predicted molar refractivity (Wildman–Crippen MR) is 84.1 cm³/mol. The summed E-state index contributed by atoms with van der Waals surface area (Å²) >= 11 is 0. The molecule has 1 aliphatic heterocycles. The first-order valence-electron chi connectivity index (χ1n) is 8.42. The highest BCUT2D eigenvalue weighted by Gasteiger charge is 2.43. The summed E-state index contributed by atoms with van der Waals surface area (Å²) < 4.78 is 13.2. The van der Waals surface area contributed by atoms with Gasteiger partial charge >= 0.3 is 0 Å². The molecule has 5 heteroatoms. The number of nitrogens with zero attached hydrogens (tertiary/aromatic N) is 1. The van der Waals surface area contributed by atoms with Crippen molar-refractivity contribution in [3.63, 3.8) is 0 Å². The minimum Gasteiger partial charge on any atom is -0.389 e. The predicted octanol–water partition coefficient (Wildman–Crippen LogP) is 2.40. The quantitative estimate of drug-likeness (QED) is 0.899. The number of halogens is 1. The zero-order chi connectivity index (χ0) is 16.4. The van der Waals surface area contributed by atoms with Crippen LogP contribution in [0.2, 0.25) is 0 Å². The van der Waals surface area contributed by atoms with E-state index in [2.05, 4.69) is 0 Å². The van der Waals surface area contributed by atoms with Gasteiger partial charge in [-0.25, -0.2) is 4.39 Å². The summed E-state index contributed by atoms with van der Waals surface area (Å²) in [4.78, 5) is 14.2. The smallest absolute Gasteiger partial charge is 0.225 e. The van der Waals surface area contributed by atoms with Gasteiger partial charge in [0, 0.05) is 19.0 Å². The van der Waals surface area contributed by atoms with Crippen molar-refractivity contribution in [1.29, 1.82) is 0 Å². The molecule has 1 aromatic rings. The number of carbonyl (C=O) groups is 1. The summed E-state index contributed by atoms with van der Waals surface area (Å²) in [7, 11) is 0. The lowest BCUT2D eigenvalue weighted by molar-refractivity contribution is -0.145. The number of aliphatic hydroxyl groups is 2. The molecule has 1 amide bonds. The van der Waals surface area contributed by atoms with Gasteiger partial charge in [-0.3, -0.25) is 4.79 Å². The first kappa shape index (κ1) is 16.4. The number of likely N-dealkylation sites (tertiary alicyclic amines) is 1. The summed E-state index contributed by atoms with van der Waals surface area (Å²) in [6.45, 7) is 1.09. The summed E-state index contributed by atoms with van der Waals surface area (Å²) in [5, 5.41) is 20.8. The Morgan fingerprint density at radius 2 is 2.22 bits per heavy atom. The van der Waals surface area contributed by atoms with Crippen LogP contribution in [0.25, 0.3) is 0 Å². The molecule has 23 heavy (non-hydrogen) atoms. The Hall–Kier alpha value is -1.46. The Morgan fingerprint density at radius 3 is 3.00 bits per heavy atom. The van der Waals surface area contributed by atoms with Gasteiger partial charge in [-0.1, -0.05) is 25.0 Å². The van der Waals surface area contributed by atoms with Gasteiger partial charge in [-0.05, 0) is 37.0 Å². The molecule has 1 aromatic carbocycles. The third-order valence-corrected chi connectivity index (χ3v) is 5.38. The minimum absolute atomic E-state index is 0.0470. The van der Waals surface area contributed by atoms with Gasteiger partial charge < -0.3 is 15.1 Å². The Balaban J connectivity index is 1.60. The summed E-state index contributed by atoms with van der Waals surface area (Å²) in [6, 6.07) is 5.72. The van der Waals surface area contributed by atoms with Gasteiger partial charge in [0.2, 0.25) is 5.91 Å². The summed E-state index contributed by atoms with van der Waals surface area (Å²) in [5.74, 6) is -0.408.